The molecule has 2 atom stereocenters. The minimum Gasteiger partial charge on any atom is -0.370 e. The summed E-state index contributed by atoms with van der Waals surface area (Å²) < 4.78 is 6.59. The maximum Gasteiger partial charge on any atom is 0.104 e. The van der Waals surface area contributed by atoms with Crippen LogP contribution in [0.25, 0.3) is 0 Å². The van der Waals surface area contributed by atoms with Crippen LogP contribution in [-0.2, 0) is 9.96 Å². The maximum atomic E-state index is 6.59. The van der Waals surface area contributed by atoms with Crippen molar-refractivity contribution < 1.29 is 4.74 Å². The summed E-state index contributed by atoms with van der Waals surface area (Å²) in [6.07, 6.45) is 6.81. The average Bonchev–Trinajstić information content (AvgIpc) is 3.26. The van der Waals surface area contributed by atoms with Crippen LogP contribution in [0, 0.1) is 11.8 Å². The van der Waals surface area contributed by atoms with Gasteiger partial charge in [-0.25, -0.2) is 0 Å². The van der Waals surface area contributed by atoms with Gasteiger partial charge in [0.15, 0.2) is 0 Å². The molecule has 2 bridgehead atoms. The summed E-state index contributed by atoms with van der Waals surface area (Å²) in [6.45, 7) is 2.88. The fraction of sp³-hybridized carbons (Fsp3) is 0.364. The molecule has 124 valence electrons. The molecular formula is C22H26OSi. The van der Waals surface area contributed by atoms with Crippen molar-refractivity contribution in [1.29, 1.82) is 0 Å². The third kappa shape index (κ3) is 2.78. The van der Waals surface area contributed by atoms with Gasteiger partial charge in [0.2, 0.25) is 0 Å². The highest BCUT2D eigenvalue weighted by molar-refractivity contribution is 6.50. The first kappa shape index (κ1) is 15.9. The third-order valence-corrected chi connectivity index (χ3v) is 8.51. The molecule has 0 saturated heterocycles. The second kappa shape index (κ2) is 6.70. The lowest BCUT2D eigenvalue weighted by Gasteiger charge is -2.36. The van der Waals surface area contributed by atoms with Crippen molar-refractivity contribution in [3.63, 3.8) is 0 Å². The number of fused-ring (bicyclic) bond motifs is 2. The Balaban J connectivity index is 1.80. The maximum absolute atomic E-state index is 6.59. The molecule has 2 unspecified atom stereocenters. The van der Waals surface area contributed by atoms with Crippen LogP contribution in [0.4, 0.5) is 0 Å². The van der Waals surface area contributed by atoms with Crippen LogP contribution in [-0.4, -0.2) is 16.1 Å². The summed E-state index contributed by atoms with van der Waals surface area (Å²) in [6, 6.07) is 21.8. The van der Waals surface area contributed by atoms with Gasteiger partial charge >= 0.3 is 0 Å². The van der Waals surface area contributed by atoms with E-state index in [-0.39, 0.29) is 5.22 Å². The summed E-state index contributed by atoms with van der Waals surface area (Å²) in [7, 11) is -0.602. The Kier molecular flexibility index (Phi) is 4.42. The Labute approximate surface area is 147 Å². The van der Waals surface area contributed by atoms with Crippen LogP contribution in [0.1, 0.15) is 37.3 Å². The lowest BCUT2D eigenvalue weighted by molar-refractivity contribution is 0.0527. The van der Waals surface area contributed by atoms with E-state index in [4.69, 9.17) is 4.74 Å². The molecule has 1 nitrogen and oxygen atoms in total. The van der Waals surface area contributed by atoms with Crippen molar-refractivity contribution in [2.24, 2.45) is 11.8 Å². The highest BCUT2D eigenvalue weighted by Crippen LogP contribution is 2.46. The van der Waals surface area contributed by atoms with Gasteiger partial charge < -0.3 is 4.74 Å². The summed E-state index contributed by atoms with van der Waals surface area (Å²) in [4.78, 5) is 0. The fourth-order valence-electron chi connectivity index (χ4n) is 4.68. The van der Waals surface area contributed by atoms with E-state index in [9.17, 15) is 0 Å². The summed E-state index contributed by atoms with van der Waals surface area (Å²) in [5.41, 5.74) is 2.65. The first-order valence-electron chi connectivity index (χ1n) is 9.27. The zero-order valence-corrected chi connectivity index (χ0v) is 15.9. The van der Waals surface area contributed by atoms with Crippen molar-refractivity contribution >= 4 is 9.52 Å². The molecule has 0 heterocycles. The minimum absolute atomic E-state index is 0.229. The van der Waals surface area contributed by atoms with Crippen LogP contribution >= 0.6 is 0 Å². The molecule has 2 heteroatoms. The lowest BCUT2D eigenvalue weighted by atomic mass is 10.00. The second-order valence-electron chi connectivity index (χ2n) is 7.18. The van der Waals surface area contributed by atoms with Gasteiger partial charge in [-0.15, -0.1) is 0 Å². The minimum atomic E-state index is -0.602. The van der Waals surface area contributed by atoms with Gasteiger partial charge in [-0.05, 0) is 49.1 Å². The number of rotatable bonds is 6. The predicted molar refractivity (Wildman–Crippen MR) is 103 cm³/mol. The van der Waals surface area contributed by atoms with E-state index in [0.29, 0.717) is 0 Å². The van der Waals surface area contributed by atoms with Crippen LogP contribution in [0.3, 0.4) is 0 Å². The Morgan fingerprint density at radius 2 is 1.58 bits per heavy atom. The van der Waals surface area contributed by atoms with Crippen LogP contribution in [0.2, 0.25) is 0 Å². The SMILES string of the molecule is CCOC([SiH2]C1=CC2CCC1C2)(c1ccccc1)c1ccccc1. The Morgan fingerprint density at radius 1 is 0.958 bits per heavy atom. The highest BCUT2D eigenvalue weighted by atomic mass is 28.2. The van der Waals surface area contributed by atoms with E-state index in [0.717, 1.165) is 18.4 Å². The van der Waals surface area contributed by atoms with Gasteiger partial charge in [0, 0.05) is 6.61 Å². The molecule has 2 aliphatic carbocycles. The van der Waals surface area contributed by atoms with E-state index in [2.05, 4.69) is 73.7 Å². The molecule has 24 heavy (non-hydrogen) atoms. The van der Waals surface area contributed by atoms with Crippen LogP contribution in [0.5, 0.6) is 0 Å². The Hall–Kier alpha value is -1.64. The van der Waals surface area contributed by atoms with Gasteiger partial charge in [0.1, 0.15) is 5.22 Å². The normalized spacial score (nSPS) is 23.1. The topological polar surface area (TPSA) is 9.23 Å². The van der Waals surface area contributed by atoms with Crippen LogP contribution in [0.15, 0.2) is 71.9 Å². The molecule has 0 spiro atoms. The summed E-state index contributed by atoms with van der Waals surface area (Å²) in [5.74, 6) is 1.69. The lowest BCUT2D eigenvalue weighted by Crippen LogP contribution is -2.40. The van der Waals surface area contributed by atoms with E-state index in [1.54, 1.807) is 5.20 Å². The standard InChI is InChI=1S/C22H26OSi/c1-2-23-22(19-9-5-3-6-10-19,20-11-7-4-8-12-20)24-21-16-17-13-14-18(21)15-17/h3-12,16-18H,2,13-15,24H2,1H3. The molecule has 0 amide bonds. The monoisotopic (exact) mass is 334 g/mol. The fourth-order valence-corrected chi connectivity index (χ4v) is 7.56. The molecule has 0 aromatic heterocycles. The quantitative estimate of drug-likeness (QED) is 0.711. The van der Waals surface area contributed by atoms with Crippen LogP contribution < -0.4 is 0 Å². The Morgan fingerprint density at radius 3 is 2.04 bits per heavy atom. The van der Waals surface area contributed by atoms with Crippen molar-refractivity contribution in [1.82, 2.24) is 0 Å². The van der Waals surface area contributed by atoms with Gasteiger partial charge in [0.25, 0.3) is 0 Å². The number of benzene rings is 2. The van der Waals surface area contributed by atoms with E-state index in [1.165, 1.54) is 30.4 Å². The van der Waals surface area contributed by atoms with Crippen molar-refractivity contribution in [3.05, 3.63) is 83.1 Å². The molecule has 1 fully saturated rings. The summed E-state index contributed by atoms with van der Waals surface area (Å²) >= 11 is 0. The van der Waals surface area contributed by atoms with Crippen molar-refractivity contribution in [2.75, 3.05) is 6.61 Å². The first-order chi connectivity index (χ1) is 11.8. The zero-order valence-electron chi connectivity index (χ0n) is 14.4. The molecule has 0 radical (unpaired) electrons. The zero-order chi connectivity index (χ0) is 16.4. The van der Waals surface area contributed by atoms with Crippen molar-refractivity contribution in [2.45, 2.75) is 31.4 Å². The predicted octanol–water partition coefficient (Wildman–Crippen LogP) is 4.41. The summed E-state index contributed by atoms with van der Waals surface area (Å²) in [5, 5.41) is 1.53. The molecular weight excluding hydrogens is 308 g/mol. The first-order valence-corrected chi connectivity index (χ1v) is 10.7. The van der Waals surface area contributed by atoms with E-state index in [1.807, 2.05) is 0 Å². The molecule has 2 aliphatic rings. The van der Waals surface area contributed by atoms with Gasteiger partial charge in [0.05, 0.1) is 9.52 Å². The third-order valence-electron chi connectivity index (χ3n) is 5.77. The number of ether oxygens (including phenoxy) is 1. The van der Waals surface area contributed by atoms with Gasteiger partial charge in [-0.3, -0.25) is 0 Å². The number of hydrogen-bond acceptors (Lipinski definition) is 1. The molecule has 0 aliphatic heterocycles. The molecule has 2 aromatic rings. The van der Waals surface area contributed by atoms with E-state index >= 15 is 0 Å². The molecule has 4 rings (SSSR count). The highest BCUT2D eigenvalue weighted by Gasteiger charge is 2.41. The smallest absolute Gasteiger partial charge is 0.104 e. The average molecular weight is 335 g/mol. The van der Waals surface area contributed by atoms with E-state index < -0.39 is 9.52 Å². The van der Waals surface area contributed by atoms with Crippen molar-refractivity contribution in [3.8, 4) is 0 Å². The number of hydrogen-bond donors (Lipinski definition) is 0. The largest absolute Gasteiger partial charge is 0.370 e. The second-order valence-corrected chi connectivity index (χ2v) is 9.35. The molecule has 1 saturated carbocycles. The Bertz CT molecular complexity index is 668. The molecule has 0 N–H and O–H groups in total. The van der Waals surface area contributed by atoms with Gasteiger partial charge in [-0.1, -0.05) is 71.9 Å². The number of allylic oxidation sites excluding steroid dienone is 2. The molecule has 2 aromatic carbocycles. The van der Waals surface area contributed by atoms with Gasteiger partial charge in [-0.2, -0.15) is 0 Å².